The van der Waals surface area contributed by atoms with Gasteiger partial charge in [-0.25, -0.2) is 0 Å². The highest BCUT2D eigenvalue weighted by Crippen LogP contribution is 2.17. The first-order valence-electron chi connectivity index (χ1n) is 6.46. The van der Waals surface area contributed by atoms with E-state index in [1.165, 1.54) is 6.92 Å². The number of rotatable bonds is 4. The lowest BCUT2D eigenvalue weighted by atomic mass is 10.1. The van der Waals surface area contributed by atoms with E-state index in [-0.39, 0.29) is 24.4 Å². The summed E-state index contributed by atoms with van der Waals surface area (Å²) in [5.41, 5.74) is 2.98. The van der Waals surface area contributed by atoms with Gasteiger partial charge in [0.1, 0.15) is 6.54 Å². The van der Waals surface area contributed by atoms with Crippen LogP contribution in [0.5, 0.6) is 0 Å². The first-order valence-corrected chi connectivity index (χ1v) is 6.46. The summed E-state index contributed by atoms with van der Waals surface area (Å²) in [6.07, 6.45) is 0. The van der Waals surface area contributed by atoms with E-state index in [1.54, 1.807) is 4.90 Å². The van der Waals surface area contributed by atoms with Crippen LogP contribution in [0.4, 0.5) is 5.69 Å². The Morgan fingerprint density at radius 1 is 1.26 bits per heavy atom. The number of aryl methyl sites for hydroxylation is 1. The molecule has 0 aliphatic heterocycles. The van der Waals surface area contributed by atoms with Crippen molar-refractivity contribution in [3.63, 3.8) is 0 Å². The Labute approximate surface area is 114 Å². The summed E-state index contributed by atoms with van der Waals surface area (Å²) in [6, 6.07) is 5.79. The third-order valence-electron chi connectivity index (χ3n) is 3.22. The Bertz CT molecular complexity index is 481. The molecule has 0 aliphatic carbocycles. The second-order valence-corrected chi connectivity index (χ2v) is 5.04. The monoisotopic (exact) mass is 262 g/mol. The number of benzene rings is 1. The predicted octanol–water partition coefficient (Wildman–Crippen LogP) is 2.50. The maximum Gasteiger partial charge on any atom is 0.244 e. The Kier molecular flexibility index (Phi) is 5.10. The van der Waals surface area contributed by atoms with Crippen LogP contribution in [0.25, 0.3) is 0 Å². The number of carbonyl (C=O) groups is 2. The lowest BCUT2D eigenvalue weighted by molar-refractivity contribution is -0.134. The van der Waals surface area contributed by atoms with E-state index in [1.807, 2.05) is 45.9 Å². The Balaban J connectivity index is 2.75. The van der Waals surface area contributed by atoms with Gasteiger partial charge in [0.25, 0.3) is 0 Å². The standard InChI is InChI=1S/C15H22N2O2/c1-10(2)17(13(5)18)9-15(19)16-14-8-6-7-11(3)12(14)4/h6-8,10H,9H2,1-5H3,(H,16,19). The van der Waals surface area contributed by atoms with E-state index in [0.29, 0.717) is 0 Å². The van der Waals surface area contributed by atoms with E-state index in [0.717, 1.165) is 16.8 Å². The molecular formula is C15H22N2O2. The van der Waals surface area contributed by atoms with Gasteiger partial charge in [-0.15, -0.1) is 0 Å². The third-order valence-corrected chi connectivity index (χ3v) is 3.22. The zero-order valence-electron chi connectivity index (χ0n) is 12.3. The number of hydrogen-bond donors (Lipinski definition) is 1. The minimum atomic E-state index is -0.169. The average molecular weight is 262 g/mol. The first-order chi connectivity index (χ1) is 8.82. The fraction of sp³-hybridized carbons (Fsp3) is 0.467. The van der Waals surface area contributed by atoms with Crippen molar-refractivity contribution < 1.29 is 9.59 Å². The molecule has 0 spiro atoms. The summed E-state index contributed by atoms with van der Waals surface area (Å²) in [7, 11) is 0. The van der Waals surface area contributed by atoms with Gasteiger partial charge in [-0.1, -0.05) is 12.1 Å². The van der Waals surface area contributed by atoms with Crippen LogP contribution >= 0.6 is 0 Å². The molecule has 1 aromatic carbocycles. The maximum atomic E-state index is 12.0. The molecule has 4 heteroatoms. The van der Waals surface area contributed by atoms with E-state index in [2.05, 4.69) is 5.32 Å². The van der Waals surface area contributed by atoms with Crippen LogP contribution in [-0.2, 0) is 9.59 Å². The van der Waals surface area contributed by atoms with E-state index >= 15 is 0 Å². The van der Waals surface area contributed by atoms with Gasteiger partial charge in [0.05, 0.1) is 0 Å². The molecule has 0 unspecified atom stereocenters. The lowest BCUT2D eigenvalue weighted by Gasteiger charge is -2.24. The summed E-state index contributed by atoms with van der Waals surface area (Å²) >= 11 is 0. The topological polar surface area (TPSA) is 49.4 Å². The molecule has 1 N–H and O–H groups in total. The molecule has 0 atom stereocenters. The number of amides is 2. The molecule has 4 nitrogen and oxygen atoms in total. The second-order valence-electron chi connectivity index (χ2n) is 5.04. The van der Waals surface area contributed by atoms with Crippen LogP contribution in [0.2, 0.25) is 0 Å². The normalized spacial score (nSPS) is 10.4. The predicted molar refractivity (Wildman–Crippen MR) is 77.1 cm³/mol. The Morgan fingerprint density at radius 2 is 1.89 bits per heavy atom. The highest BCUT2D eigenvalue weighted by Gasteiger charge is 2.17. The zero-order valence-corrected chi connectivity index (χ0v) is 12.3. The van der Waals surface area contributed by atoms with Gasteiger partial charge in [0, 0.05) is 18.7 Å². The van der Waals surface area contributed by atoms with Gasteiger partial charge in [-0.05, 0) is 44.9 Å². The molecule has 19 heavy (non-hydrogen) atoms. The van der Waals surface area contributed by atoms with Gasteiger partial charge >= 0.3 is 0 Å². The summed E-state index contributed by atoms with van der Waals surface area (Å²) in [5.74, 6) is -0.260. The van der Waals surface area contributed by atoms with E-state index in [4.69, 9.17) is 0 Å². The van der Waals surface area contributed by atoms with Crippen molar-refractivity contribution in [2.75, 3.05) is 11.9 Å². The van der Waals surface area contributed by atoms with Crippen LogP contribution in [-0.4, -0.2) is 29.3 Å². The molecule has 0 fully saturated rings. The lowest BCUT2D eigenvalue weighted by Crippen LogP contribution is -2.41. The van der Waals surface area contributed by atoms with Crippen LogP contribution < -0.4 is 5.32 Å². The summed E-state index contributed by atoms with van der Waals surface area (Å²) in [6.45, 7) is 9.32. The van der Waals surface area contributed by atoms with Crippen molar-refractivity contribution in [1.29, 1.82) is 0 Å². The molecule has 104 valence electrons. The number of nitrogens with one attached hydrogen (secondary N) is 1. The SMILES string of the molecule is CC(=O)N(CC(=O)Nc1cccc(C)c1C)C(C)C. The van der Waals surface area contributed by atoms with Gasteiger partial charge in [0.2, 0.25) is 11.8 Å². The van der Waals surface area contributed by atoms with Crippen molar-refractivity contribution in [1.82, 2.24) is 4.90 Å². The molecule has 0 aromatic heterocycles. The molecular weight excluding hydrogens is 240 g/mol. The fourth-order valence-corrected chi connectivity index (χ4v) is 1.89. The van der Waals surface area contributed by atoms with Crippen molar-refractivity contribution in [3.8, 4) is 0 Å². The van der Waals surface area contributed by atoms with Gasteiger partial charge in [-0.2, -0.15) is 0 Å². The fourth-order valence-electron chi connectivity index (χ4n) is 1.89. The van der Waals surface area contributed by atoms with Crippen molar-refractivity contribution in [2.45, 2.75) is 40.7 Å². The quantitative estimate of drug-likeness (QED) is 0.906. The molecule has 0 heterocycles. The van der Waals surface area contributed by atoms with Crippen LogP contribution in [0, 0.1) is 13.8 Å². The number of anilines is 1. The Morgan fingerprint density at radius 3 is 2.42 bits per heavy atom. The smallest absolute Gasteiger partial charge is 0.244 e. The number of carbonyl (C=O) groups excluding carboxylic acids is 2. The summed E-state index contributed by atoms with van der Waals surface area (Å²) in [4.78, 5) is 25.0. The van der Waals surface area contributed by atoms with Gasteiger partial charge in [0.15, 0.2) is 0 Å². The molecule has 0 saturated carbocycles. The zero-order chi connectivity index (χ0) is 14.6. The van der Waals surface area contributed by atoms with Gasteiger partial charge in [-0.3, -0.25) is 9.59 Å². The first kappa shape index (κ1) is 15.2. The van der Waals surface area contributed by atoms with Crippen molar-refractivity contribution in [2.24, 2.45) is 0 Å². The molecule has 1 rings (SSSR count). The minimum absolute atomic E-state index is 0.0156. The third kappa shape index (κ3) is 4.09. The highest BCUT2D eigenvalue weighted by atomic mass is 16.2. The number of nitrogens with zero attached hydrogens (tertiary/aromatic N) is 1. The minimum Gasteiger partial charge on any atom is -0.331 e. The van der Waals surface area contributed by atoms with E-state index in [9.17, 15) is 9.59 Å². The molecule has 0 aliphatic rings. The molecule has 0 saturated heterocycles. The van der Waals surface area contributed by atoms with Crippen molar-refractivity contribution >= 4 is 17.5 Å². The van der Waals surface area contributed by atoms with E-state index < -0.39 is 0 Å². The largest absolute Gasteiger partial charge is 0.331 e. The number of hydrogen-bond acceptors (Lipinski definition) is 2. The second kappa shape index (κ2) is 6.36. The van der Waals surface area contributed by atoms with Gasteiger partial charge < -0.3 is 10.2 Å². The van der Waals surface area contributed by atoms with Crippen LogP contribution in [0.15, 0.2) is 18.2 Å². The summed E-state index contributed by atoms with van der Waals surface area (Å²) in [5, 5.41) is 2.86. The highest BCUT2D eigenvalue weighted by molar-refractivity contribution is 5.95. The maximum absolute atomic E-state index is 12.0. The summed E-state index contributed by atoms with van der Waals surface area (Å²) < 4.78 is 0. The van der Waals surface area contributed by atoms with Crippen LogP contribution in [0.3, 0.4) is 0 Å². The van der Waals surface area contributed by atoms with Crippen molar-refractivity contribution in [3.05, 3.63) is 29.3 Å². The molecule has 0 bridgehead atoms. The molecule has 1 aromatic rings. The molecule has 2 amide bonds. The average Bonchev–Trinajstić information content (AvgIpc) is 2.31. The molecule has 0 radical (unpaired) electrons. The Hall–Kier alpha value is -1.84. The van der Waals surface area contributed by atoms with Crippen LogP contribution in [0.1, 0.15) is 31.9 Å².